The molecule has 1 aromatic carbocycles. The number of carbonyl (C=O) groups excluding carboxylic acids is 3. The van der Waals surface area contributed by atoms with Crippen LogP contribution in [0.25, 0.3) is 0 Å². The van der Waals surface area contributed by atoms with Gasteiger partial charge in [0.1, 0.15) is 0 Å². The van der Waals surface area contributed by atoms with E-state index in [-0.39, 0.29) is 26.2 Å². The molecule has 1 fully saturated rings. The maximum absolute atomic E-state index is 13.5. The average molecular weight is 437 g/mol. The molecule has 0 radical (unpaired) electrons. The smallest absolute Gasteiger partial charge is 0.343 e. The van der Waals surface area contributed by atoms with E-state index in [0.717, 1.165) is 0 Å². The first kappa shape index (κ1) is 24.8. The van der Waals surface area contributed by atoms with Crippen LogP contribution in [0, 0.1) is 0 Å². The molecule has 0 N–H and O–H groups in total. The van der Waals surface area contributed by atoms with Crippen molar-refractivity contribution in [2.75, 3.05) is 33.5 Å². The van der Waals surface area contributed by atoms with E-state index in [9.17, 15) is 14.4 Å². The predicted molar refractivity (Wildman–Crippen MR) is 110 cm³/mol. The molecule has 0 spiro atoms. The number of esters is 2. The van der Waals surface area contributed by atoms with Crippen LogP contribution in [0.1, 0.15) is 44.0 Å². The minimum Gasteiger partial charge on any atom is -0.464 e. The van der Waals surface area contributed by atoms with Crippen molar-refractivity contribution >= 4 is 17.8 Å². The van der Waals surface area contributed by atoms with Crippen LogP contribution in [0.3, 0.4) is 0 Å². The Morgan fingerprint density at radius 3 is 2.16 bits per heavy atom. The molecule has 0 saturated carbocycles. The fourth-order valence-electron chi connectivity index (χ4n) is 3.52. The van der Waals surface area contributed by atoms with Crippen molar-refractivity contribution in [3.63, 3.8) is 0 Å². The van der Waals surface area contributed by atoms with Crippen LogP contribution < -0.4 is 0 Å². The van der Waals surface area contributed by atoms with Gasteiger partial charge in [0.05, 0.1) is 19.3 Å². The van der Waals surface area contributed by atoms with Crippen molar-refractivity contribution in [2.24, 2.45) is 0 Å². The highest BCUT2D eigenvalue weighted by atomic mass is 16.8. The largest absolute Gasteiger partial charge is 0.464 e. The van der Waals surface area contributed by atoms with Gasteiger partial charge in [0.2, 0.25) is 5.54 Å². The summed E-state index contributed by atoms with van der Waals surface area (Å²) < 4.78 is 26.8. The van der Waals surface area contributed by atoms with E-state index < -0.39 is 36.0 Å². The first-order chi connectivity index (χ1) is 14.9. The van der Waals surface area contributed by atoms with E-state index in [4.69, 9.17) is 23.7 Å². The Bertz CT molecular complexity index is 720. The Balaban J connectivity index is 2.45. The van der Waals surface area contributed by atoms with Crippen molar-refractivity contribution in [3.8, 4) is 0 Å². The van der Waals surface area contributed by atoms with Crippen LogP contribution >= 0.6 is 0 Å². The molecule has 9 nitrogen and oxygen atoms in total. The number of rotatable bonds is 10. The summed E-state index contributed by atoms with van der Waals surface area (Å²) in [5.41, 5.74) is -1.57. The molecule has 1 unspecified atom stereocenters. The van der Waals surface area contributed by atoms with E-state index in [2.05, 4.69) is 0 Å². The molecule has 1 amide bonds. The predicted octanol–water partition coefficient (Wildman–Crippen LogP) is 2.14. The Hall–Kier alpha value is -2.49. The van der Waals surface area contributed by atoms with E-state index in [1.165, 1.54) is 12.0 Å². The molecule has 0 bridgehead atoms. The SMILES string of the molecule is CCOC(=O)C1(C(=O)OCC)CC[C@H](OC(OC)OCC)CN1C(=O)c1ccccc1. The summed E-state index contributed by atoms with van der Waals surface area (Å²) in [5, 5.41) is 0. The second-order valence-electron chi connectivity index (χ2n) is 6.86. The van der Waals surface area contributed by atoms with Crippen LogP contribution in [0.4, 0.5) is 0 Å². The zero-order chi connectivity index (χ0) is 22.9. The molecule has 2 rings (SSSR count). The zero-order valence-corrected chi connectivity index (χ0v) is 18.5. The maximum atomic E-state index is 13.5. The highest BCUT2D eigenvalue weighted by molar-refractivity contribution is 6.10. The van der Waals surface area contributed by atoms with Gasteiger partial charge in [-0.15, -0.1) is 0 Å². The number of benzene rings is 1. The van der Waals surface area contributed by atoms with Gasteiger partial charge in [-0.1, -0.05) is 18.2 Å². The fourth-order valence-corrected chi connectivity index (χ4v) is 3.52. The number of likely N-dealkylation sites (tertiary alicyclic amines) is 1. The van der Waals surface area contributed by atoms with Crippen LogP contribution in [0.5, 0.6) is 0 Å². The first-order valence-corrected chi connectivity index (χ1v) is 10.5. The third-order valence-corrected chi connectivity index (χ3v) is 4.97. The number of ether oxygens (including phenoxy) is 5. The van der Waals surface area contributed by atoms with Gasteiger partial charge in [-0.25, -0.2) is 9.59 Å². The fraction of sp³-hybridized carbons (Fsp3) is 0.591. The van der Waals surface area contributed by atoms with Gasteiger partial charge in [-0.05, 0) is 45.7 Å². The van der Waals surface area contributed by atoms with Crippen LogP contribution in [-0.4, -0.2) is 74.3 Å². The number of amides is 1. The highest BCUT2D eigenvalue weighted by Crippen LogP contribution is 2.34. The summed E-state index contributed by atoms with van der Waals surface area (Å²) in [6, 6.07) is 8.42. The molecule has 9 heteroatoms. The van der Waals surface area contributed by atoms with Gasteiger partial charge in [-0.3, -0.25) is 4.79 Å². The number of piperidine rings is 1. The molecule has 1 aliphatic rings. The minimum absolute atomic E-state index is 0.0174. The van der Waals surface area contributed by atoms with Gasteiger partial charge in [0.25, 0.3) is 12.4 Å². The van der Waals surface area contributed by atoms with E-state index in [1.807, 2.05) is 0 Å². The molecule has 1 saturated heterocycles. The quantitative estimate of drug-likeness (QED) is 0.312. The van der Waals surface area contributed by atoms with Crippen molar-refractivity contribution in [3.05, 3.63) is 35.9 Å². The van der Waals surface area contributed by atoms with Gasteiger partial charge < -0.3 is 28.6 Å². The molecular weight excluding hydrogens is 406 g/mol. The second-order valence-corrected chi connectivity index (χ2v) is 6.86. The second kappa shape index (κ2) is 11.8. The lowest BCUT2D eigenvalue weighted by Crippen LogP contribution is -2.67. The van der Waals surface area contributed by atoms with Crippen molar-refractivity contribution in [1.29, 1.82) is 0 Å². The summed E-state index contributed by atoms with van der Waals surface area (Å²) in [7, 11) is 1.44. The lowest BCUT2D eigenvalue weighted by Gasteiger charge is -2.45. The Morgan fingerprint density at radius 1 is 1.03 bits per heavy atom. The number of hydrogen-bond acceptors (Lipinski definition) is 8. The monoisotopic (exact) mass is 437 g/mol. The Labute approximate surface area is 182 Å². The molecule has 31 heavy (non-hydrogen) atoms. The molecule has 1 aromatic rings. The average Bonchev–Trinajstić information content (AvgIpc) is 2.79. The topological polar surface area (TPSA) is 101 Å². The normalized spacial score (nSPS) is 18.8. The molecular formula is C22H31NO8. The molecule has 0 aromatic heterocycles. The van der Waals surface area contributed by atoms with Crippen LogP contribution in [0.2, 0.25) is 0 Å². The van der Waals surface area contributed by atoms with Crippen molar-refractivity contribution in [2.45, 2.75) is 51.7 Å². The number of nitrogens with zero attached hydrogens (tertiary/aromatic N) is 1. The lowest BCUT2D eigenvalue weighted by molar-refractivity contribution is -0.298. The van der Waals surface area contributed by atoms with E-state index in [1.54, 1.807) is 51.1 Å². The van der Waals surface area contributed by atoms with E-state index >= 15 is 0 Å². The zero-order valence-electron chi connectivity index (χ0n) is 18.5. The third-order valence-electron chi connectivity index (χ3n) is 4.97. The minimum atomic E-state index is -1.90. The molecule has 172 valence electrons. The summed E-state index contributed by atoms with van der Waals surface area (Å²) in [4.78, 5) is 40.8. The van der Waals surface area contributed by atoms with Crippen molar-refractivity contribution in [1.82, 2.24) is 4.90 Å². The van der Waals surface area contributed by atoms with Crippen LogP contribution in [-0.2, 0) is 33.3 Å². The Kier molecular flexibility index (Phi) is 9.42. The standard InChI is InChI=1S/C22H31NO8/c1-5-28-19(25)22(20(26)29-6-2)14-13-17(31-21(27-4)30-7-3)15-23(22)18(24)16-11-9-8-10-12-16/h8-12,17,21H,5-7,13-15H2,1-4H3/t17-,21?/m0/s1. The maximum Gasteiger partial charge on any atom is 0.343 e. The highest BCUT2D eigenvalue weighted by Gasteiger charge is 2.58. The number of carbonyl (C=O) groups is 3. The van der Waals surface area contributed by atoms with Gasteiger partial charge in [0.15, 0.2) is 0 Å². The molecule has 2 atom stereocenters. The molecule has 1 heterocycles. The molecule has 0 aliphatic carbocycles. The summed E-state index contributed by atoms with van der Waals surface area (Å²) in [6.45, 7) is 4.59. The van der Waals surface area contributed by atoms with Gasteiger partial charge in [0, 0.05) is 25.8 Å². The summed E-state index contributed by atoms with van der Waals surface area (Å²) in [5.74, 6) is -2.13. The third kappa shape index (κ3) is 5.61. The summed E-state index contributed by atoms with van der Waals surface area (Å²) in [6.07, 6.45) is -0.249. The van der Waals surface area contributed by atoms with Gasteiger partial charge >= 0.3 is 11.9 Å². The van der Waals surface area contributed by atoms with Crippen molar-refractivity contribution < 1.29 is 38.1 Å². The number of hydrogen-bond donors (Lipinski definition) is 0. The first-order valence-electron chi connectivity index (χ1n) is 10.5. The van der Waals surface area contributed by atoms with Gasteiger partial charge in [-0.2, -0.15) is 0 Å². The Morgan fingerprint density at radius 2 is 1.65 bits per heavy atom. The molecule has 1 aliphatic heterocycles. The number of methoxy groups -OCH3 is 1. The van der Waals surface area contributed by atoms with E-state index in [0.29, 0.717) is 18.6 Å². The lowest BCUT2D eigenvalue weighted by atomic mass is 9.84. The van der Waals surface area contributed by atoms with Crippen LogP contribution in [0.15, 0.2) is 30.3 Å². The summed E-state index contributed by atoms with van der Waals surface area (Å²) >= 11 is 0.